The van der Waals surface area contributed by atoms with Crippen molar-refractivity contribution in [3.05, 3.63) is 33.6 Å². The molecular formula is C11H13FN2O6. The molecule has 0 saturated heterocycles. The van der Waals surface area contributed by atoms with E-state index in [1.165, 1.54) is 0 Å². The number of carbonyl (C=O) groups excluding carboxylic acids is 1. The zero-order chi connectivity index (χ0) is 15.3. The highest BCUT2D eigenvalue weighted by Crippen LogP contribution is 2.28. The minimum atomic E-state index is -1.10. The van der Waals surface area contributed by atoms with Crippen LogP contribution in [-0.2, 0) is 4.74 Å². The van der Waals surface area contributed by atoms with Crippen LogP contribution in [0.1, 0.15) is 10.4 Å². The van der Waals surface area contributed by atoms with Crippen molar-refractivity contribution in [2.45, 2.75) is 6.04 Å². The zero-order valence-corrected chi connectivity index (χ0v) is 10.5. The van der Waals surface area contributed by atoms with Crippen LogP contribution in [0.4, 0.5) is 15.8 Å². The van der Waals surface area contributed by atoms with E-state index < -0.39 is 47.2 Å². The molecule has 1 rings (SSSR count). The van der Waals surface area contributed by atoms with E-state index in [1.807, 2.05) is 0 Å². The monoisotopic (exact) mass is 288 g/mol. The van der Waals surface area contributed by atoms with Crippen LogP contribution >= 0.6 is 0 Å². The summed E-state index contributed by atoms with van der Waals surface area (Å²) in [6.45, 7) is -1.00. The summed E-state index contributed by atoms with van der Waals surface area (Å²) in [6.07, 6.45) is 0. The SMILES string of the molecule is COC(=O)c1cc(NC(CO)CO)c([N+](=O)[O-])cc1F. The van der Waals surface area contributed by atoms with Gasteiger partial charge in [-0.15, -0.1) is 0 Å². The summed E-state index contributed by atoms with van der Waals surface area (Å²) in [4.78, 5) is 21.3. The largest absolute Gasteiger partial charge is 0.465 e. The molecule has 0 bridgehead atoms. The van der Waals surface area contributed by atoms with Gasteiger partial charge in [0, 0.05) is 0 Å². The fourth-order valence-corrected chi connectivity index (χ4v) is 1.46. The minimum Gasteiger partial charge on any atom is -0.465 e. The van der Waals surface area contributed by atoms with Gasteiger partial charge in [0.25, 0.3) is 5.69 Å². The van der Waals surface area contributed by atoms with Gasteiger partial charge in [-0.3, -0.25) is 10.1 Å². The molecule has 0 aliphatic heterocycles. The highest BCUT2D eigenvalue weighted by molar-refractivity contribution is 5.92. The van der Waals surface area contributed by atoms with Gasteiger partial charge in [-0.05, 0) is 6.07 Å². The Hall–Kier alpha value is -2.26. The molecule has 0 atom stereocenters. The molecule has 8 nitrogen and oxygen atoms in total. The molecule has 0 aromatic heterocycles. The average molecular weight is 288 g/mol. The molecule has 110 valence electrons. The van der Waals surface area contributed by atoms with E-state index in [1.54, 1.807) is 0 Å². The number of benzene rings is 1. The summed E-state index contributed by atoms with van der Waals surface area (Å²) in [5, 5.41) is 31.2. The second-order valence-electron chi connectivity index (χ2n) is 3.80. The molecule has 1 aromatic rings. The van der Waals surface area contributed by atoms with Gasteiger partial charge in [0.2, 0.25) is 0 Å². The van der Waals surface area contributed by atoms with Gasteiger partial charge < -0.3 is 20.3 Å². The predicted octanol–water partition coefficient (Wildman–Crippen LogP) is 0.286. The fraction of sp³-hybridized carbons (Fsp3) is 0.364. The Labute approximate surface area is 112 Å². The number of esters is 1. The van der Waals surface area contributed by atoms with Crippen molar-refractivity contribution in [1.82, 2.24) is 0 Å². The molecule has 0 aliphatic rings. The molecular weight excluding hydrogens is 275 g/mol. The summed E-state index contributed by atoms with van der Waals surface area (Å²) in [5.74, 6) is -2.09. The summed E-state index contributed by atoms with van der Waals surface area (Å²) >= 11 is 0. The van der Waals surface area contributed by atoms with Crippen LogP contribution in [0.5, 0.6) is 0 Å². The van der Waals surface area contributed by atoms with Gasteiger partial charge in [0.15, 0.2) is 0 Å². The molecule has 1 aromatic carbocycles. The Bertz CT molecular complexity index is 518. The number of carbonyl (C=O) groups is 1. The first-order valence-electron chi connectivity index (χ1n) is 5.49. The minimum absolute atomic E-state index is 0.204. The number of aliphatic hydroxyl groups excluding tert-OH is 2. The average Bonchev–Trinajstić information content (AvgIpc) is 2.44. The lowest BCUT2D eigenvalue weighted by molar-refractivity contribution is -0.384. The first-order chi connectivity index (χ1) is 9.44. The van der Waals surface area contributed by atoms with Crippen molar-refractivity contribution in [1.29, 1.82) is 0 Å². The van der Waals surface area contributed by atoms with Crippen molar-refractivity contribution in [3.8, 4) is 0 Å². The molecule has 3 N–H and O–H groups in total. The summed E-state index contributed by atoms with van der Waals surface area (Å²) in [5.41, 5.74) is -1.32. The third kappa shape index (κ3) is 3.39. The third-order valence-electron chi connectivity index (χ3n) is 2.49. The standard InChI is InChI=1S/C11H13FN2O6/c1-20-11(17)7-2-9(13-6(4-15)5-16)10(14(18)19)3-8(7)12/h2-3,6,13,15-16H,4-5H2,1H3. The van der Waals surface area contributed by atoms with Gasteiger partial charge in [-0.2, -0.15) is 0 Å². The number of hydrogen-bond donors (Lipinski definition) is 3. The summed E-state index contributed by atoms with van der Waals surface area (Å²) in [7, 11) is 1.04. The number of anilines is 1. The van der Waals surface area contributed by atoms with Crippen molar-refractivity contribution in [2.24, 2.45) is 0 Å². The quantitative estimate of drug-likeness (QED) is 0.390. The second kappa shape index (κ2) is 6.78. The molecule has 0 unspecified atom stereocenters. The maximum Gasteiger partial charge on any atom is 0.340 e. The van der Waals surface area contributed by atoms with Crippen molar-refractivity contribution < 1.29 is 29.1 Å². The van der Waals surface area contributed by atoms with E-state index in [-0.39, 0.29) is 5.69 Å². The van der Waals surface area contributed by atoms with Crippen molar-refractivity contribution in [2.75, 3.05) is 25.6 Å². The topological polar surface area (TPSA) is 122 Å². The maximum atomic E-state index is 13.6. The van der Waals surface area contributed by atoms with Gasteiger partial charge in [0.05, 0.1) is 42.9 Å². The maximum absolute atomic E-state index is 13.6. The lowest BCUT2D eigenvalue weighted by atomic mass is 10.1. The lowest BCUT2D eigenvalue weighted by Gasteiger charge is -2.15. The molecule has 0 spiro atoms. The van der Waals surface area contributed by atoms with Gasteiger partial charge >= 0.3 is 5.97 Å². The predicted molar refractivity (Wildman–Crippen MR) is 66.0 cm³/mol. The smallest absolute Gasteiger partial charge is 0.340 e. The van der Waals surface area contributed by atoms with Crippen molar-refractivity contribution in [3.63, 3.8) is 0 Å². The number of halogens is 1. The Morgan fingerprint density at radius 2 is 2.10 bits per heavy atom. The van der Waals surface area contributed by atoms with Crippen LogP contribution in [-0.4, -0.2) is 47.5 Å². The molecule has 0 amide bonds. The zero-order valence-electron chi connectivity index (χ0n) is 10.5. The first kappa shape index (κ1) is 15.8. The molecule has 20 heavy (non-hydrogen) atoms. The van der Waals surface area contributed by atoms with Gasteiger partial charge in [-0.25, -0.2) is 9.18 Å². The number of nitrogens with one attached hydrogen (secondary N) is 1. The van der Waals surface area contributed by atoms with E-state index in [0.29, 0.717) is 6.07 Å². The molecule has 0 aliphatic carbocycles. The Kier molecular flexibility index (Phi) is 5.35. The van der Waals surface area contributed by atoms with Crippen LogP contribution in [0.25, 0.3) is 0 Å². The van der Waals surface area contributed by atoms with Crippen LogP contribution in [0.3, 0.4) is 0 Å². The number of nitro benzene ring substituents is 1. The highest BCUT2D eigenvalue weighted by atomic mass is 19.1. The molecule has 0 saturated carbocycles. The normalized spacial score (nSPS) is 10.4. The highest BCUT2D eigenvalue weighted by Gasteiger charge is 2.23. The number of methoxy groups -OCH3 is 1. The summed E-state index contributed by atoms with van der Waals surface area (Å²) < 4.78 is 18.0. The molecule has 0 radical (unpaired) electrons. The van der Waals surface area contributed by atoms with Gasteiger partial charge in [-0.1, -0.05) is 0 Å². The van der Waals surface area contributed by atoms with E-state index in [2.05, 4.69) is 10.1 Å². The van der Waals surface area contributed by atoms with E-state index in [4.69, 9.17) is 10.2 Å². The number of nitrogens with zero attached hydrogens (tertiary/aromatic N) is 1. The van der Waals surface area contributed by atoms with Crippen LogP contribution < -0.4 is 5.32 Å². The lowest BCUT2D eigenvalue weighted by Crippen LogP contribution is -2.28. The van der Waals surface area contributed by atoms with Gasteiger partial charge in [0.1, 0.15) is 11.5 Å². The Morgan fingerprint density at radius 1 is 1.50 bits per heavy atom. The van der Waals surface area contributed by atoms with Crippen LogP contribution in [0.15, 0.2) is 12.1 Å². The summed E-state index contributed by atoms with van der Waals surface area (Å²) in [6, 6.07) is 0.586. The molecule has 0 fully saturated rings. The number of ether oxygens (including phenoxy) is 1. The Morgan fingerprint density at radius 3 is 2.55 bits per heavy atom. The first-order valence-corrected chi connectivity index (χ1v) is 5.49. The second-order valence-corrected chi connectivity index (χ2v) is 3.80. The molecule has 9 heteroatoms. The Balaban J connectivity index is 3.30. The number of hydrogen-bond acceptors (Lipinski definition) is 7. The number of rotatable bonds is 6. The third-order valence-corrected chi connectivity index (χ3v) is 2.49. The van der Waals surface area contributed by atoms with Crippen LogP contribution in [0.2, 0.25) is 0 Å². The van der Waals surface area contributed by atoms with Crippen molar-refractivity contribution >= 4 is 17.3 Å². The van der Waals surface area contributed by atoms with E-state index in [9.17, 15) is 19.3 Å². The number of aliphatic hydroxyl groups is 2. The van der Waals surface area contributed by atoms with Crippen LogP contribution in [0, 0.1) is 15.9 Å². The van der Waals surface area contributed by atoms with E-state index in [0.717, 1.165) is 13.2 Å². The number of nitro groups is 1. The fourth-order valence-electron chi connectivity index (χ4n) is 1.46. The van der Waals surface area contributed by atoms with E-state index >= 15 is 0 Å². The molecule has 0 heterocycles.